The van der Waals surface area contributed by atoms with Crippen LogP contribution in [0.15, 0.2) is 53.3 Å². The molecule has 0 saturated heterocycles. The van der Waals surface area contributed by atoms with Crippen LogP contribution >= 0.6 is 0 Å². The summed E-state index contributed by atoms with van der Waals surface area (Å²) >= 11 is 0. The summed E-state index contributed by atoms with van der Waals surface area (Å²) < 4.78 is 40.0. The number of fused-ring (bicyclic) bond motifs is 1. The molecule has 33 heavy (non-hydrogen) atoms. The average molecular weight is 461 g/mol. The number of carbonyl (C=O) groups excluding carboxylic acids is 1. The molecule has 3 rings (SSSR count). The van der Waals surface area contributed by atoms with Crippen molar-refractivity contribution in [2.75, 3.05) is 11.9 Å². The number of unbranched alkanes of at least 4 members (excludes halogenated alkanes) is 1. The number of hydrogen-bond acceptors (Lipinski definition) is 3. The number of alkyl halides is 3. The highest BCUT2D eigenvalue weighted by Gasteiger charge is 2.30. The van der Waals surface area contributed by atoms with Gasteiger partial charge in [0.1, 0.15) is 5.82 Å². The molecule has 2 amide bonds. The minimum Gasteiger partial charge on any atom is -0.315 e. The number of anilines is 1. The van der Waals surface area contributed by atoms with Gasteiger partial charge >= 0.3 is 12.2 Å². The number of benzene rings is 2. The van der Waals surface area contributed by atoms with E-state index in [0.29, 0.717) is 36.2 Å². The number of aromatic nitrogens is 2. The zero-order valence-electron chi connectivity index (χ0n) is 18.8. The highest BCUT2D eigenvalue weighted by molar-refractivity contribution is 5.89. The molecule has 0 fully saturated rings. The number of hydrogen-bond donors (Lipinski definition) is 1. The van der Waals surface area contributed by atoms with Crippen molar-refractivity contribution in [3.63, 3.8) is 0 Å². The number of urea groups is 1. The van der Waals surface area contributed by atoms with Crippen LogP contribution in [0, 0.1) is 0 Å². The topological polar surface area (TPSA) is 67.2 Å². The van der Waals surface area contributed by atoms with Crippen LogP contribution in [0.3, 0.4) is 0 Å². The third-order valence-electron chi connectivity index (χ3n) is 5.53. The fourth-order valence-corrected chi connectivity index (χ4v) is 3.69. The van der Waals surface area contributed by atoms with Gasteiger partial charge in [-0.05, 0) is 56.7 Å². The smallest absolute Gasteiger partial charge is 0.315 e. The van der Waals surface area contributed by atoms with Crippen LogP contribution in [0.25, 0.3) is 10.9 Å². The maximum absolute atomic E-state index is 13.1. The molecule has 1 heterocycles. The van der Waals surface area contributed by atoms with E-state index in [1.54, 1.807) is 40.7 Å². The molecule has 1 unspecified atom stereocenters. The molecule has 1 aromatic heterocycles. The van der Waals surface area contributed by atoms with E-state index in [4.69, 9.17) is 0 Å². The van der Waals surface area contributed by atoms with Crippen molar-refractivity contribution >= 4 is 22.6 Å². The first kappa shape index (κ1) is 24.3. The fourth-order valence-electron chi connectivity index (χ4n) is 3.69. The van der Waals surface area contributed by atoms with Gasteiger partial charge in [-0.2, -0.15) is 13.2 Å². The molecule has 3 aromatic rings. The monoisotopic (exact) mass is 460 g/mol. The van der Waals surface area contributed by atoms with Gasteiger partial charge in [-0.1, -0.05) is 25.5 Å². The lowest BCUT2D eigenvalue weighted by Gasteiger charge is -2.30. The van der Waals surface area contributed by atoms with E-state index in [1.165, 1.54) is 12.1 Å². The standard InChI is InChI=1S/C24H27F3N4O2/c1-4-6-15-31(23(33)28-18-13-11-17(12-14-18)24(25,26)27)16(3)21-29-20-10-8-7-9-19(20)22(32)30(21)5-2/h7-14,16H,4-6,15H2,1-3H3,(H,28,33). The second-order valence-corrected chi connectivity index (χ2v) is 7.76. The predicted molar refractivity (Wildman–Crippen MR) is 122 cm³/mol. The second-order valence-electron chi connectivity index (χ2n) is 7.76. The number of rotatable bonds is 7. The number of carbonyl (C=O) groups is 1. The van der Waals surface area contributed by atoms with Gasteiger partial charge in [0.15, 0.2) is 0 Å². The van der Waals surface area contributed by atoms with E-state index in [0.717, 1.165) is 18.6 Å². The van der Waals surface area contributed by atoms with Crippen LogP contribution in [-0.2, 0) is 12.7 Å². The van der Waals surface area contributed by atoms with Gasteiger partial charge in [0.2, 0.25) is 0 Å². The number of para-hydroxylation sites is 1. The molecule has 1 atom stereocenters. The quantitative estimate of drug-likeness (QED) is 0.482. The summed E-state index contributed by atoms with van der Waals surface area (Å²) in [6.45, 7) is 6.42. The fraction of sp³-hybridized carbons (Fsp3) is 0.375. The minimum absolute atomic E-state index is 0.177. The number of nitrogens with zero attached hydrogens (tertiary/aromatic N) is 3. The van der Waals surface area contributed by atoms with E-state index >= 15 is 0 Å². The Kier molecular flexibility index (Phi) is 7.40. The zero-order valence-corrected chi connectivity index (χ0v) is 18.8. The lowest BCUT2D eigenvalue weighted by molar-refractivity contribution is -0.137. The third kappa shape index (κ3) is 5.35. The Hall–Kier alpha value is -3.36. The number of halogens is 3. The van der Waals surface area contributed by atoms with Crippen LogP contribution in [0.1, 0.15) is 51.0 Å². The Morgan fingerprint density at radius 1 is 1.12 bits per heavy atom. The number of nitrogens with one attached hydrogen (secondary N) is 1. The van der Waals surface area contributed by atoms with Crippen LogP contribution in [0.2, 0.25) is 0 Å². The molecule has 0 aliphatic carbocycles. The molecule has 176 valence electrons. The highest BCUT2D eigenvalue weighted by atomic mass is 19.4. The van der Waals surface area contributed by atoms with Crippen molar-refractivity contribution in [1.29, 1.82) is 0 Å². The van der Waals surface area contributed by atoms with Gasteiger partial charge in [0, 0.05) is 18.8 Å². The minimum atomic E-state index is -4.45. The molecule has 0 saturated carbocycles. The second kappa shape index (κ2) is 10.1. The average Bonchev–Trinajstić information content (AvgIpc) is 2.79. The van der Waals surface area contributed by atoms with E-state index < -0.39 is 23.8 Å². The molecular weight excluding hydrogens is 433 g/mol. The molecule has 9 heteroatoms. The van der Waals surface area contributed by atoms with Crippen molar-refractivity contribution in [2.45, 2.75) is 52.4 Å². The molecule has 0 bridgehead atoms. The molecule has 0 spiro atoms. The Morgan fingerprint density at radius 3 is 2.39 bits per heavy atom. The summed E-state index contributed by atoms with van der Waals surface area (Å²) in [5, 5.41) is 3.18. The lowest BCUT2D eigenvalue weighted by atomic mass is 10.2. The Morgan fingerprint density at radius 2 is 1.79 bits per heavy atom. The van der Waals surface area contributed by atoms with Crippen LogP contribution < -0.4 is 10.9 Å². The Balaban J connectivity index is 1.94. The van der Waals surface area contributed by atoms with E-state index in [1.807, 2.05) is 13.8 Å². The molecular formula is C24H27F3N4O2. The summed E-state index contributed by atoms with van der Waals surface area (Å²) in [7, 11) is 0. The molecule has 0 aliphatic rings. The van der Waals surface area contributed by atoms with Gasteiger partial charge in [-0.25, -0.2) is 9.78 Å². The van der Waals surface area contributed by atoms with Gasteiger partial charge in [0.05, 0.1) is 22.5 Å². The van der Waals surface area contributed by atoms with Crippen molar-refractivity contribution in [2.24, 2.45) is 0 Å². The largest absolute Gasteiger partial charge is 0.416 e. The molecule has 0 radical (unpaired) electrons. The van der Waals surface area contributed by atoms with Crippen molar-refractivity contribution in [3.8, 4) is 0 Å². The van der Waals surface area contributed by atoms with E-state index in [2.05, 4.69) is 10.3 Å². The Bertz CT molecular complexity index is 1170. The Labute approximate surface area is 190 Å². The molecule has 6 nitrogen and oxygen atoms in total. The predicted octanol–water partition coefficient (Wildman–Crippen LogP) is 5.83. The van der Waals surface area contributed by atoms with Crippen molar-refractivity contribution in [3.05, 3.63) is 70.3 Å². The van der Waals surface area contributed by atoms with Gasteiger partial charge < -0.3 is 10.2 Å². The van der Waals surface area contributed by atoms with Gasteiger partial charge in [0.25, 0.3) is 5.56 Å². The third-order valence-corrected chi connectivity index (χ3v) is 5.53. The first-order chi connectivity index (χ1) is 15.7. The van der Waals surface area contributed by atoms with Crippen LogP contribution in [-0.4, -0.2) is 27.0 Å². The van der Waals surface area contributed by atoms with E-state index in [9.17, 15) is 22.8 Å². The van der Waals surface area contributed by atoms with Gasteiger partial charge in [-0.3, -0.25) is 9.36 Å². The first-order valence-corrected chi connectivity index (χ1v) is 10.9. The summed E-state index contributed by atoms with van der Waals surface area (Å²) in [6.07, 6.45) is -2.90. The summed E-state index contributed by atoms with van der Waals surface area (Å²) in [5.74, 6) is 0.458. The van der Waals surface area contributed by atoms with Gasteiger partial charge in [-0.15, -0.1) is 0 Å². The van der Waals surface area contributed by atoms with E-state index in [-0.39, 0.29) is 11.2 Å². The van der Waals surface area contributed by atoms with Crippen LogP contribution in [0.5, 0.6) is 0 Å². The maximum Gasteiger partial charge on any atom is 0.416 e. The molecule has 0 aliphatic heterocycles. The lowest BCUT2D eigenvalue weighted by Crippen LogP contribution is -2.40. The van der Waals surface area contributed by atoms with Crippen molar-refractivity contribution in [1.82, 2.24) is 14.5 Å². The highest BCUT2D eigenvalue weighted by Crippen LogP contribution is 2.30. The SMILES string of the molecule is CCCCN(C(=O)Nc1ccc(C(F)(F)F)cc1)C(C)c1nc2ccccc2c(=O)n1CC. The summed E-state index contributed by atoms with van der Waals surface area (Å²) in [6, 6.07) is 10.3. The normalized spacial score (nSPS) is 12.5. The molecule has 2 aromatic carbocycles. The zero-order chi connectivity index (χ0) is 24.2. The number of amides is 2. The molecule has 1 N–H and O–H groups in total. The maximum atomic E-state index is 13.1. The summed E-state index contributed by atoms with van der Waals surface area (Å²) in [5.41, 5.74) is -0.165. The summed E-state index contributed by atoms with van der Waals surface area (Å²) in [4.78, 5) is 32.4. The van der Waals surface area contributed by atoms with Crippen molar-refractivity contribution < 1.29 is 18.0 Å². The first-order valence-electron chi connectivity index (χ1n) is 10.9. The van der Waals surface area contributed by atoms with Crippen LogP contribution in [0.4, 0.5) is 23.7 Å².